The van der Waals surface area contributed by atoms with E-state index in [-0.39, 0.29) is 17.8 Å². The molecule has 1 saturated heterocycles. The summed E-state index contributed by atoms with van der Waals surface area (Å²) >= 11 is 0. The molecular weight excluding hydrogens is 258 g/mol. The normalized spacial score (nSPS) is 18.3. The van der Waals surface area contributed by atoms with Crippen molar-refractivity contribution in [3.05, 3.63) is 18.0 Å². The summed E-state index contributed by atoms with van der Waals surface area (Å²) in [5.74, 6) is -0.527. The average molecular weight is 279 g/mol. The first-order chi connectivity index (χ1) is 9.56. The number of methoxy groups -OCH3 is 1. The second-order valence-corrected chi connectivity index (χ2v) is 5.11. The number of likely N-dealkylation sites (tertiary alicyclic amines) is 1. The van der Waals surface area contributed by atoms with Gasteiger partial charge in [-0.2, -0.15) is 0 Å². The summed E-state index contributed by atoms with van der Waals surface area (Å²) in [7, 11) is 1.37. The maximum absolute atomic E-state index is 12.5. The molecule has 110 valence electrons. The van der Waals surface area contributed by atoms with E-state index in [4.69, 9.17) is 10.5 Å². The van der Waals surface area contributed by atoms with Gasteiger partial charge in [0.05, 0.1) is 18.7 Å². The number of carbonyl (C=O) groups excluding carboxylic acids is 2. The third-order valence-electron chi connectivity index (χ3n) is 3.61. The Kier molecular flexibility index (Phi) is 4.32. The summed E-state index contributed by atoms with van der Waals surface area (Å²) in [4.78, 5) is 25.7. The van der Waals surface area contributed by atoms with Crippen molar-refractivity contribution in [2.24, 2.45) is 5.92 Å². The van der Waals surface area contributed by atoms with Gasteiger partial charge in [0.2, 0.25) is 0 Å². The number of hydrogen-bond donors (Lipinski definition) is 1. The molecule has 1 atom stereocenters. The second-order valence-electron chi connectivity index (χ2n) is 5.11. The van der Waals surface area contributed by atoms with Crippen LogP contribution in [0.3, 0.4) is 0 Å². The number of anilines is 1. The maximum atomic E-state index is 12.5. The van der Waals surface area contributed by atoms with Crippen LogP contribution >= 0.6 is 0 Å². The van der Waals surface area contributed by atoms with E-state index >= 15 is 0 Å². The number of nitrogens with zero attached hydrogens (tertiary/aromatic N) is 2. The molecule has 0 aromatic carbocycles. The number of amides is 1. The highest BCUT2D eigenvalue weighted by Crippen LogP contribution is 2.21. The van der Waals surface area contributed by atoms with Crippen LogP contribution in [0.5, 0.6) is 0 Å². The molecule has 20 heavy (non-hydrogen) atoms. The third-order valence-corrected chi connectivity index (χ3v) is 3.61. The van der Waals surface area contributed by atoms with Crippen molar-refractivity contribution >= 4 is 17.6 Å². The van der Waals surface area contributed by atoms with Crippen molar-refractivity contribution in [2.75, 3.05) is 25.9 Å². The number of nitrogen functional groups attached to an aromatic ring is 1. The molecule has 1 aromatic rings. The van der Waals surface area contributed by atoms with Crippen molar-refractivity contribution in [1.29, 1.82) is 0 Å². The predicted octanol–water partition coefficient (Wildman–Crippen LogP) is 1.12. The highest BCUT2D eigenvalue weighted by atomic mass is 16.5. The van der Waals surface area contributed by atoms with E-state index in [2.05, 4.69) is 0 Å². The number of hydrogen-bond acceptors (Lipinski definition) is 4. The van der Waals surface area contributed by atoms with Crippen LogP contribution in [0.1, 0.15) is 30.3 Å². The molecule has 6 heteroatoms. The first kappa shape index (κ1) is 14.4. The summed E-state index contributed by atoms with van der Waals surface area (Å²) < 4.78 is 6.61. The van der Waals surface area contributed by atoms with Crippen molar-refractivity contribution in [3.63, 3.8) is 0 Å². The predicted molar refractivity (Wildman–Crippen MR) is 75.2 cm³/mol. The summed E-state index contributed by atoms with van der Waals surface area (Å²) in [5, 5.41) is 0. The lowest BCUT2D eigenvalue weighted by atomic mass is 10.1. The van der Waals surface area contributed by atoms with Crippen molar-refractivity contribution in [2.45, 2.75) is 26.3 Å². The summed E-state index contributed by atoms with van der Waals surface area (Å²) in [6.07, 6.45) is 3.37. The number of carbonyl (C=O) groups is 2. The van der Waals surface area contributed by atoms with E-state index in [9.17, 15) is 9.59 Å². The largest absolute Gasteiger partial charge is 0.469 e. The molecule has 1 aromatic heterocycles. The van der Waals surface area contributed by atoms with Gasteiger partial charge in [-0.05, 0) is 18.9 Å². The Labute approximate surface area is 118 Å². The molecular formula is C14H21N3O3. The van der Waals surface area contributed by atoms with Crippen LogP contribution in [0.2, 0.25) is 0 Å². The Morgan fingerprint density at radius 1 is 1.50 bits per heavy atom. The van der Waals surface area contributed by atoms with Crippen molar-refractivity contribution in [3.8, 4) is 0 Å². The summed E-state index contributed by atoms with van der Waals surface area (Å²) in [6, 6.07) is 1.70. The molecule has 0 saturated carbocycles. The fraction of sp³-hybridized carbons (Fsp3) is 0.571. The van der Waals surface area contributed by atoms with E-state index in [0.29, 0.717) is 30.9 Å². The summed E-state index contributed by atoms with van der Waals surface area (Å²) in [6.45, 7) is 3.80. The summed E-state index contributed by atoms with van der Waals surface area (Å²) in [5.41, 5.74) is 6.96. The van der Waals surface area contributed by atoms with Crippen LogP contribution < -0.4 is 5.73 Å². The van der Waals surface area contributed by atoms with Gasteiger partial charge >= 0.3 is 5.97 Å². The SMILES string of the molecule is CCCn1cc(N)cc1C(=O)N1CCC(C(=O)OC)C1. The molecule has 6 nitrogen and oxygen atoms in total. The Hall–Kier alpha value is -1.98. The maximum Gasteiger partial charge on any atom is 0.310 e. The second kappa shape index (κ2) is 5.98. The van der Waals surface area contributed by atoms with Gasteiger partial charge in [-0.25, -0.2) is 0 Å². The van der Waals surface area contributed by atoms with E-state index in [0.717, 1.165) is 13.0 Å². The van der Waals surface area contributed by atoms with Gasteiger partial charge in [-0.15, -0.1) is 0 Å². The molecule has 0 radical (unpaired) electrons. The van der Waals surface area contributed by atoms with Gasteiger partial charge in [-0.1, -0.05) is 6.92 Å². The van der Waals surface area contributed by atoms with Gasteiger partial charge in [0, 0.05) is 25.8 Å². The number of esters is 1. The smallest absolute Gasteiger partial charge is 0.310 e. The lowest BCUT2D eigenvalue weighted by Crippen LogP contribution is -2.31. The highest BCUT2D eigenvalue weighted by Gasteiger charge is 2.33. The lowest BCUT2D eigenvalue weighted by Gasteiger charge is -2.17. The van der Waals surface area contributed by atoms with E-state index in [1.165, 1.54) is 7.11 Å². The van der Waals surface area contributed by atoms with E-state index in [1.54, 1.807) is 17.2 Å². The van der Waals surface area contributed by atoms with Gasteiger partial charge < -0.3 is 19.9 Å². The molecule has 1 aliphatic rings. The Morgan fingerprint density at radius 2 is 2.25 bits per heavy atom. The minimum atomic E-state index is -0.247. The molecule has 1 fully saturated rings. The molecule has 0 bridgehead atoms. The van der Waals surface area contributed by atoms with E-state index < -0.39 is 0 Å². The van der Waals surface area contributed by atoms with Crippen molar-refractivity contribution in [1.82, 2.24) is 9.47 Å². The zero-order valence-electron chi connectivity index (χ0n) is 12.0. The molecule has 0 spiro atoms. The highest BCUT2D eigenvalue weighted by molar-refractivity contribution is 5.94. The Balaban J connectivity index is 2.11. The Bertz CT molecular complexity index is 510. The first-order valence-electron chi connectivity index (χ1n) is 6.89. The van der Waals surface area contributed by atoms with Gasteiger partial charge in [0.25, 0.3) is 5.91 Å². The lowest BCUT2D eigenvalue weighted by molar-refractivity contribution is -0.144. The van der Waals surface area contributed by atoms with Gasteiger partial charge in [0.1, 0.15) is 5.69 Å². The molecule has 1 aliphatic heterocycles. The minimum Gasteiger partial charge on any atom is -0.469 e. The van der Waals surface area contributed by atoms with Gasteiger partial charge in [-0.3, -0.25) is 9.59 Å². The van der Waals surface area contributed by atoms with Crippen LogP contribution in [-0.4, -0.2) is 41.5 Å². The number of aryl methyl sites for hydroxylation is 1. The van der Waals surface area contributed by atoms with Crippen LogP contribution in [-0.2, 0) is 16.1 Å². The van der Waals surface area contributed by atoms with Crippen LogP contribution in [0, 0.1) is 5.92 Å². The van der Waals surface area contributed by atoms with Gasteiger partial charge in [0.15, 0.2) is 0 Å². The van der Waals surface area contributed by atoms with E-state index in [1.807, 2.05) is 11.5 Å². The third kappa shape index (κ3) is 2.79. The molecule has 0 aliphatic carbocycles. The quantitative estimate of drug-likeness (QED) is 0.838. The van der Waals surface area contributed by atoms with Crippen LogP contribution in [0.15, 0.2) is 12.3 Å². The number of nitrogens with two attached hydrogens (primary N) is 1. The molecule has 1 amide bonds. The monoisotopic (exact) mass is 279 g/mol. The Morgan fingerprint density at radius 3 is 2.90 bits per heavy atom. The zero-order valence-corrected chi connectivity index (χ0v) is 12.0. The van der Waals surface area contributed by atoms with Crippen LogP contribution in [0.4, 0.5) is 5.69 Å². The number of ether oxygens (including phenoxy) is 1. The molecule has 2 rings (SSSR count). The van der Waals surface area contributed by atoms with Crippen LogP contribution in [0.25, 0.3) is 0 Å². The van der Waals surface area contributed by atoms with Crippen molar-refractivity contribution < 1.29 is 14.3 Å². The number of aromatic nitrogens is 1. The topological polar surface area (TPSA) is 77.6 Å². The molecule has 1 unspecified atom stereocenters. The first-order valence-corrected chi connectivity index (χ1v) is 6.89. The minimum absolute atomic E-state index is 0.0680. The molecule has 2 heterocycles. The average Bonchev–Trinajstić information content (AvgIpc) is 3.04. The zero-order chi connectivity index (χ0) is 14.7. The number of rotatable bonds is 4. The fourth-order valence-corrected chi connectivity index (χ4v) is 2.60. The molecule has 2 N–H and O–H groups in total. The fourth-order valence-electron chi connectivity index (χ4n) is 2.60. The standard InChI is InChI=1S/C14H21N3O3/c1-3-5-16-9-11(15)7-12(16)13(18)17-6-4-10(8-17)14(19)20-2/h7,9-10H,3-6,8,15H2,1-2H3.